The molecule has 1 fully saturated rings. The van der Waals surface area contributed by atoms with Crippen molar-refractivity contribution in [3.8, 4) is 0 Å². The molecule has 1 aromatic carbocycles. The summed E-state index contributed by atoms with van der Waals surface area (Å²) in [4.78, 5) is 29.9. The Morgan fingerprint density at radius 3 is 2.70 bits per heavy atom. The van der Waals surface area contributed by atoms with Gasteiger partial charge in [-0.15, -0.1) is 0 Å². The number of carbonyl (C=O) groups is 2. The number of piperidine rings is 1. The number of hydrogen-bond donors (Lipinski definition) is 1. The van der Waals surface area contributed by atoms with Gasteiger partial charge in [0.25, 0.3) is 5.22 Å². The summed E-state index contributed by atoms with van der Waals surface area (Å²) >= 11 is 1.32. The molecule has 0 aliphatic carbocycles. The van der Waals surface area contributed by atoms with Crippen molar-refractivity contribution in [2.45, 2.75) is 30.2 Å². The first kappa shape index (κ1) is 15.9. The van der Waals surface area contributed by atoms with Gasteiger partial charge in [0, 0.05) is 19.0 Å². The third-order valence-electron chi connectivity index (χ3n) is 4.11. The SMILES string of the molecule is CC(Sc1nc2ccccc2o1)C(=O)N1CCC(C(N)=O)CC1. The van der Waals surface area contributed by atoms with Gasteiger partial charge in [-0.3, -0.25) is 9.59 Å². The summed E-state index contributed by atoms with van der Waals surface area (Å²) in [5, 5.41) is 0.215. The number of benzene rings is 1. The average Bonchev–Trinajstić information content (AvgIpc) is 2.96. The van der Waals surface area contributed by atoms with E-state index in [1.165, 1.54) is 11.8 Å². The first-order valence-corrected chi connectivity index (χ1v) is 8.53. The lowest BCUT2D eigenvalue weighted by atomic mass is 9.96. The Morgan fingerprint density at radius 2 is 2.04 bits per heavy atom. The highest BCUT2D eigenvalue weighted by Crippen LogP contribution is 2.28. The number of aromatic nitrogens is 1. The molecule has 2 heterocycles. The topological polar surface area (TPSA) is 89.4 Å². The van der Waals surface area contributed by atoms with Crippen molar-refractivity contribution in [3.05, 3.63) is 24.3 Å². The van der Waals surface area contributed by atoms with Crippen LogP contribution in [0.5, 0.6) is 0 Å². The predicted octanol–water partition coefficient (Wildman–Crippen LogP) is 2.03. The fraction of sp³-hybridized carbons (Fsp3) is 0.438. The molecule has 2 amide bonds. The van der Waals surface area contributed by atoms with Gasteiger partial charge in [-0.1, -0.05) is 23.9 Å². The smallest absolute Gasteiger partial charge is 0.257 e. The molecule has 3 rings (SSSR count). The van der Waals surface area contributed by atoms with Gasteiger partial charge in [-0.25, -0.2) is 4.98 Å². The lowest BCUT2D eigenvalue weighted by Gasteiger charge is -2.32. The summed E-state index contributed by atoms with van der Waals surface area (Å²) in [7, 11) is 0. The van der Waals surface area contributed by atoms with Gasteiger partial charge in [0.2, 0.25) is 11.8 Å². The van der Waals surface area contributed by atoms with Crippen LogP contribution in [0.25, 0.3) is 11.1 Å². The third kappa shape index (κ3) is 3.50. The number of thioether (sulfide) groups is 1. The second-order valence-corrected chi connectivity index (χ2v) is 7.00. The van der Waals surface area contributed by atoms with Crippen molar-refractivity contribution in [3.63, 3.8) is 0 Å². The van der Waals surface area contributed by atoms with Gasteiger partial charge in [0.05, 0.1) is 5.25 Å². The fourth-order valence-electron chi connectivity index (χ4n) is 2.74. The van der Waals surface area contributed by atoms with Gasteiger partial charge < -0.3 is 15.1 Å². The number of rotatable bonds is 4. The van der Waals surface area contributed by atoms with E-state index in [9.17, 15) is 9.59 Å². The summed E-state index contributed by atoms with van der Waals surface area (Å²) < 4.78 is 5.64. The van der Waals surface area contributed by atoms with Gasteiger partial charge >= 0.3 is 0 Å². The number of amides is 2. The molecule has 6 nitrogen and oxygen atoms in total. The number of primary amides is 1. The van der Waals surface area contributed by atoms with Crippen molar-refractivity contribution >= 4 is 34.7 Å². The summed E-state index contributed by atoms with van der Waals surface area (Å²) in [6.07, 6.45) is 1.28. The normalized spacial score (nSPS) is 17.3. The molecule has 0 radical (unpaired) electrons. The van der Waals surface area contributed by atoms with Crippen molar-refractivity contribution in [1.82, 2.24) is 9.88 Å². The van der Waals surface area contributed by atoms with E-state index in [4.69, 9.17) is 10.2 Å². The minimum absolute atomic E-state index is 0.0418. The molecule has 122 valence electrons. The largest absolute Gasteiger partial charge is 0.431 e. The van der Waals surface area contributed by atoms with Crippen molar-refractivity contribution < 1.29 is 14.0 Å². The molecule has 0 spiro atoms. The number of oxazole rings is 1. The van der Waals surface area contributed by atoms with Crippen LogP contribution >= 0.6 is 11.8 Å². The second kappa shape index (κ2) is 6.62. The Bertz CT molecular complexity index is 689. The van der Waals surface area contributed by atoms with E-state index in [-0.39, 0.29) is 23.0 Å². The summed E-state index contributed by atoms with van der Waals surface area (Å²) in [6.45, 7) is 3.00. The zero-order valence-electron chi connectivity index (χ0n) is 12.9. The van der Waals surface area contributed by atoms with Crippen LogP contribution in [0.3, 0.4) is 0 Å². The Hall–Kier alpha value is -2.02. The van der Waals surface area contributed by atoms with Gasteiger partial charge in [0.15, 0.2) is 5.58 Å². The van der Waals surface area contributed by atoms with Crippen LogP contribution in [0.4, 0.5) is 0 Å². The molecule has 7 heteroatoms. The fourth-order valence-corrected chi connectivity index (χ4v) is 3.59. The van der Waals surface area contributed by atoms with E-state index in [0.29, 0.717) is 31.2 Å². The molecule has 0 bridgehead atoms. The van der Waals surface area contributed by atoms with Crippen LogP contribution in [-0.4, -0.2) is 40.0 Å². The number of nitrogens with zero attached hydrogens (tertiary/aromatic N) is 2. The highest BCUT2D eigenvalue weighted by molar-refractivity contribution is 8.00. The van der Waals surface area contributed by atoms with Crippen molar-refractivity contribution in [2.24, 2.45) is 11.7 Å². The Labute approximate surface area is 138 Å². The lowest BCUT2D eigenvalue weighted by Crippen LogP contribution is -2.44. The van der Waals surface area contributed by atoms with E-state index in [1.807, 2.05) is 31.2 Å². The maximum absolute atomic E-state index is 12.5. The molecule has 1 aliphatic heterocycles. The van der Waals surface area contributed by atoms with Crippen molar-refractivity contribution in [2.75, 3.05) is 13.1 Å². The number of hydrogen-bond acceptors (Lipinski definition) is 5. The molecule has 1 unspecified atom stereocenters. The zero-order valence-corrected chi connectivity index (χ0v) is 13.7. The zero-order chi connectivity index (χ0) is 16.4. The molecular formula is C16H19N3O3S. The van der Waals surface area contributed by atoms with Crippen LogP contribution in [-0.2, 0) is 9.59 Å². The Kier molecular flexibility index (Phi) is 4.56. The number of para-hydroxylation sites is 2. The highest BCUT2D eigenvalue weighted by atomic mass is 32.2. The number of fused-ring (bicyclic) bond motifs is 1. The quantitative estimate of drug-likeness (QED) is 0.865. The summed E-state index contributed by atoms with van der Waals surface area (Å²) in [5.74, 6) is -0.342. The lowest BCUT2D eigenvalue weighted by molar-refractivity contribution is -0.134. The molecular weight excluding hydrogens is 314 g/mol. The maximum Gasteiger partial charge on any atom is 0.257 e. The van der Waals surface area contributed by atoms with Gasteiger partial charge in [0.1, 0.15) is 5.52 Å². The standard InChI is InChI=1S/C16H19N3O3S/c1-10(15(21)19-8-6-11(7-9-19)14(17)20)23-16-18-12-4-2-3-5-13(12)22-16/h2-5,10-11H,6-9H2,1H3,(H2,17,20). The van der Waals surface area contributed by atoms with Crippen molar-refractivity contribution in [1.29, 1.82) is 0 Å². The van der Waals surface area contributed by atoms with Crippen LogP contribution in [0.1, 0.15) is 19.8 Å². The monoisotopic (exact) mass is 333 g/mol. The molecule has 2 aromatic rings. The van der Waals surface area contributed by atoms with Gasteiger partial charge in [-0.05, 0) is 31.9 Å². The first-order valence-electron chi connectivity index (χ1n) is 7.65. The molecule has 1 aromatic heterocycles. The van der Waals surface area contributed by atoms with E-state index < -0.39 is 0 Å². The maximum atomic E-state index is 12.5. The van der Waals surface area contributed by atoms with Gasteiger partial charge in [-0.2, -0.15) is 0 Å². The predicted molar refractivity (Wildman–Crippen MR) is 87.8 cm³/mol. The molecule has 0 saturated carbocycles. The van der Waals surface area contributed by atoms with E-state index in [0.717, 1.165) is 11.1 Å². The van der Waals surface area contributed by atoms with Crippen LogP contribution < -0.4 is 5.73 Å². The Balaban J connectivity index is 1.60. The molecule has 23 heavy (non-hydrogen) atoms. The third-order valence-corrected chi connectivity index (χ3v) is 5.04. The highest BCUT2D eigenvalue weighted by Gasteiger charge is 2.29. The second-order valence-electron chi connectivity index (χ2n) is 5.71. The van der Waals surface area contributed by atoms with Crippen LogP contribution in [0.2, 0.25) is 0 Å². The van der Waals surface area contributed by atoms with E-state index in [2.05, 4.69) is 4.98 Å². The summed E-state index contributed by atoms with van der Waals surface area (Å²) in [5.41, 5.74) is 6.83. The average molecular weight is 333 g/mol. The molecule has 1 atom stereocenters. The molecule has 1 aliphatic rings. The van der Waals surface area contributed by atoms with E-state index in [1.54, 1.807) is 4.90 Å². The first-order chi connectivity index (χ1) is 11.0. The number of likely N-dealkylation sites (tertiary alicyclic amines) is 1. The van der Waals surface area contributed by atoms with E-state index >= 15 is 0 Å². The van der Waals surface area contributed by atoms with Crippen LogP contribution in [0, 0.1) is 5.92 Å². The minimum Gasteiger partial charge on any atom is -0.431 e. The molecule has 2 N–H and O–H groups in total. The summed E-state index contributed by atoms with van der Waals surface area (Å²) in [6, 6.07) is 7.52. The van der Waals surface area contributed by atoms with Crippen LogP contribution in [0.15, 0.2) is 33.9 Å². The minimum atomic E-state index is -0.284. The number of nitrogens with two attached hydrogens (primary N) is 1. The Morgan fingerprint density at radius 1 is 1.35 bits per heavy atom. The molecule has 1 saturated heterocycles. The number of carbonyl (C=O) groups excluding carboxylic acids is 2.